The maximum atomic E-state index is 6.25. The zero-order valence-corrected chi connectivity index (χ0v) is 32.7. The normalized spacial score (nSPS) is 11.7. The fourth-order valence-electron chi connectivity index (χ4n) is 9.22. The van der Waals surface area contributed by atoms with Crippen molar-refractivity contribution in [1.82, 2.24) is 0 Å². The molecule has 0 unspecified atom stereocenters. The topological polar surface area (TPSA) is 16.4 Å². The van der Waals surface area contributed by atoms with E-state index in [2.05, 4.69) is 217 Å². The lowest BCUT2D eigenvalue weighted by Crippen LogP contribution is -2.09. The molecule has 0 aliphatic heterocycles. The number of furan rings is 1. The lowest BCUT2D eigenvalue weighted by molar-refractivity contribution is 0.669. The van der Waals surface area contributed by atoms with Gasteiger partial charge in [0.1, 0.15) is 11.2 Å². The van der Waals surface area contributed by atoms with Crippen LogP contribution in [0.25, 0.3) is 98.4 Å². The second kappa shape index (κ2) is 13.9. The Bertz CT molecular complexity index is 3420. The SMILES string of the molecule is c1ccc2c(c1)ccc1ccc(-c3ccc(N(c4ccc(-c5ccc6ccc7ccccc7c6c5)cc4)c4ccc(-c5cccc6oc7ccccc7c56)cc4)cc3)cc12. The van der Waals surface area contributed by atoms with E-state index in [1.807, 2.05) is 12.1 Å². The molecule has 0 amide bonds. The average Bonchev–Trinajstić information content (AvgIpc) is 3.71. The van der Waals surface area contributed by atoms with Crippen LogP contribution in [0.4, 0.5) is 17.1 Å². The molecule has 0 atom stereocenters. The molecule has 0 bridgehead atoms. The van der Waals surface area contributed by atoms with Crippen LogP contribution >= 0.6 is 0 Å². The Hall–Kier alpha value is -7.94. The quantitative estimate of drug-likeness (QED) is 0.157. The summed E-state index contributed by atoms with van der Waals surface area (Å²) in [4.78, 5) is 2.35. The van der Waals surface area contributed by atoms with Crippen LogP contribution < -0.4 is 4.90 Å². The Morgan fingerprint density at radius 1 is 0.267 bits per heavy atom. The van der Waals surface area contributed by atoms with E-state index in [-0.39, 0.29) is 0 Å². The molecule has 0 aliphatic rings. The van der Waals surface area contributed by atoms with E-state index in [9.17, 15) is 0 Å². The molecule has 0 fully saturated rings. The van der Waals surface area contributed by atoms with Gasteiger partial charge in [-0.15, -0.1) is 0 Å². The highest BCUT2D eigenvalue weighted by Crippen LogP contribution is 2.41. The van der Waals surface area contributed by atoms with Crippen molar-refractivity contribution in [2.45, 2.75) is 0 Å². The summed E-state index contributed by atoms with van der Waals surface area (Å²) in [5.74, 6) is 0. The molecule has 12 aromatic rings. The van der Waals surface area contributed by atoms with Crippen LogP contribution in [0.15, 0.2) is 229 Å². The summed E-state index contributed by atoms with van der Waals surface area (Å²) >= 11 is 0. The summed E-state index contributed by atoms with van der Waals surface area (Å²) in [5.41, 5.74) is 12.2. The first-order chi connectivity index (χ1) is 29.7. The molecule has 0 spiro atoms. The van der Waals surface area contributed by atoms with Crippen LogP contribution in [0, 0.1) is 0 Å². The molecule has 12 rings (SSSR count). The van der Waals surface area contributed by atoms with Crippen molar-refractivity contribution in [2.75, 3.05) is 4.90 Å². The van der Waals surface area contributed by atoms with E-state index in [0.29, 0.717) is 0 Å². The number of anilines is 3. The summed E-state index contributed by atoms with van der Waals surface area (Å²) in [5, 5.41) is 12.4. The molecule has 280 valence electrons. The summed E-state index contributed by atoms with van der Waals surface area (Å²) in [7, 11) is 0. The Kier molecular flexibility index (Phi) is 7.89. The van der Waals surface area contributed by atoms with Gasteiger partial charge in [-0.1, -0.05) is 164 Å². The third kappa shape index (κ3) is 5.73. The highest BCUT2D eigenvalue weighted by atomic mass is 16.3. The van der Waals surface area contributed by atoms with Crippen LogP contribution in [0.3, 0.4) is 0 Å². The van der Waals surface area contributed by atoms with Crippen molar-refractivity contribution in [1.29, 1.82) is 0 Å². The zero-order valence-electron chi connectivity index (χ0n) is 32.7. The molecule has 60 heavy (non-hydrogen) atoms. The Morgan fingerprint density at radius 2 is 0.667 bits per heavy atom. The first kappa shape index (κ1) is 34.1. The zero-order chi connectivity index (χ0) is 39.6. The maximum absolute atomic E-state index is 6.25. The molecule has 2 heteroatoms. The molecule has 1 aromatic heterocycles. The van der Waals surface area contributed by atoms with Crippen molar-refractivity contribution >= 4 is 82.1 Å². The second-order valence-corrected chi connectivity index (χ2v) is 15.7. The third-order valence-electron chi connectivity index (χ3n) is 12.3. The van der Waals surface area contributed by atoms with Gasteiger partial charge in [0.15, 0.2) is 0 Å². The van der Waals surface area contributed by atoms with Crippen molar-refractivity contribution in [3.63, 3.8) is 0 Å². The monoisotopic (exact) mass is 763 g/mol. The predicted octanol–water partition coefficient (Wildman–Crippen LogP) is 16.7. The van der Waals surface area contributed by atoms with E-state index in [0.717, 1.165) is 50.1 Å². The molecule has 0 radical (unpaired) electrons. The fourth-order valence-corrected chi connectivity index (χ4v) is 9.22. The Balaban J connectivity index is 0.943. The van der Waals surface area contributed by atoms with Gasteiger partial charge in [0.25, 0.3) is 0 Å². The highest BCUT2D eigenvalue weighted by Gasteiger charge is 2.17. The van der Waals surface area contributed by atoms with Gasteiger partial charge in [-0.25, -0.2) is 0 Å². The molecule has 1 heterocycles. The van der Waals surface area contributed by atoms with Crippen LogP contribution in [-0.2, 0) is 0 Å². The van der Waals surface area contributed by atoms with E-state index in [4.69, 9.17) is 4.42 Å². The summed E-state index contributed by atoms with van der Waals surface area (Å²) < 4.78 is 6.25. The number of rotatable bonds is 6. The Labute approximate surface area is 347 Å². The number of nitrogens with zero attached hydrogens (tertiary/aromatic N) is 1. The molecule has 2 nitrogen and oxygen atoms in total. The van der Waals surface area contributed by atoms with Crippen LogP contribution in [0.1, 0.15) is 0 Å². The van der Waals surface area contributed by atoms with Crippen LogP contribution in [0.2, 0.25) is 0 Å². The minimum atomic E-state index is 0.902. The molecular formula is C58H37NO. The summed E-state index contributed by atoms with van der Waals surface area (Å²) in [6.45, 7) is 0. The fraction of sp³-hybridized carbons (Fsp3) is 0. The number of para-hydroxylation sites is 1. The number of fused-ring (bicyclic) bond motifs is 9. The molecular weight excluding hydrogens is 727 g/mol. The minimum Gasteiger partial charge on any atom is -0.456 e. The number of benzene rings is 11. The summed E-state index contributed by atoms with van der Waals surface area (Å²) in [6, 6.07) is 81.3. The van der Waals surface area contributed by atoms with Gasteiger partial charge in [0, 0.05) is 27.8 Å². The standard InChI is InChI=1S/C58H37NO/c1-3-10-50-40(8-1)16-18-43-20-22-45(36-54(43)50)38-24-30-47(31-25-38)59(49-34-28-42(29-35-49)52-13-7-15-57-58(52)53-12-5-6-14-56(53)60-57)48-32-26-39(27-33-48)46-23-21-44-19-17-41-9-2-4-11-51(41)55(44)37-46/h1-37H. The first-order valence-electron chi connectivity index (χ1n) is 20.6. The van der Waals surface area contributed by atoms with Gasteiger partial charge < -0.3 is 9.32 Å². The second-order valence-electron chi connectivity index (χ2n) is 15.7. The van der Waals surface area contributed by atoms with Crippen molar-refractivity contribution < 1.29 is 4.42 Å². The van der Waals surface area contributed by atoms with Crippen molar-refractivity contribution in [3.05, 3.63) is 224 Å². The van der Waals surface area contributed by atoms with Gasteiger partial charge >= 0.3 is 0 Å². The molecule has 11 aromatic carbocycles. The van der Waals surface area contributed by atoms with Gasteiger partial charge in [-0.2, -0.15) is 0 Å². The number of hydrogen-bond donors (Lipinski definition) is 0. The van der Waals surface area contributed by atoms with Crippen LogP contribution in [0.5, 0.6) is 0 Å². The molecule has 0 saturated carbocycles. The van der Waals surface area contributed by atoms with E-state index < -0.39 is 0 Å². The Morgan fingerprint density at radius 3 is 1.20 bits per heavy atom. The van der Waals surface area contributed by atoms with E-state index in [1.165, 1.54) is 65.3 Å². The maximum Gasteiger partial charge on any atom is 0.136 e. The minimum absolute atomic E-state index is 0.902. The lowest BCUT2D eigenvalue weighted by atomic mass is 9.96. The average molecular weight is 764 g/mol. The van der Waals surface area contributed by atoms with Crippen molar-refractivity contribution in [2.24, 2.45) is 0 Å². The number of hydrogen-bond acceptors (Lipinski definition) is 2. The predicted molar refractivity (Wildman–Crippen MR) is 255 cm³/mol. The largest absolute Gasteiger partial charge is 0.456 e. The van der Waals surface area contributed by atoms with E-state index in [1.54, 1.807) is 0 Å². The first-order valence-corrected chi connectivity index (χ1v) is 20.6. The summed E-state index contributed by atoms with van der Waals surface area (Å²) in [6.07, 6.45) is 0. The van der Waals surface area contributed by atoms with Gasteiger partial charge in [0.2, 0.25) is 0 Å². The van der Waals surface area contributed by atoms with Crippen LogP contribution in [-0.4, -0.2) is 0 Å². The van der Waals surface area contributed by atoms with Gasteiger partial charge in [-0.3, -0.25) is 0 Å². The van der Waals surface area contributed by atoms with Gasteiger partial charge in [0.05, 0.1) is 0 Å². The van der Waals surface area contributed by atoms with E-state index >= 15 is 0 Å². The molecule has 0 aliphatic carbocycles. The van der Waals surface area contributed by atoms with Crippen molar-refractivity contribution in [3.8, 4) is 33.4 Å². The highest BCUT2D eigenvalue weighted by molar-refractivity contribution is 6.13. The van der Waals surface area contributed by atoms with Gasteiger partial charge in [-0.05, 0) is 137 Å². The third-order valence-corrected chi connectivity index (χ3v) is 12.3. The lowest BCUT2D eigenvalue weighted by Gasteiger charge is -2.26. The smallest absolute Gasteiger partial charge is 0.136 e. The molecule has 0 saturated heterocycles. The molecule has 0 N–H and O–H groups in total.